The van der Waals surface area contributed by atoms with Gasteiger partial charge in [-0.15, -0.1) is 0 Å². The number of nitrogens with one attached hydrogen (secondary N) is 3. The van der Waals surface area contributed by atoms with Gasteiger partial charge in [-0.05, 0) is 54.4 Å². The van der Waals surface area contributed by atoms with Crippen LogP contribution in [0.25, 0.3) is 10.9 Å². The molecule has 28 heavy (non-hydrogen) atoms. The zero-order valence-electron chi connectivity index (χ0n) is 15.1. The van der Waals surface area contributed by atoms with Crippen LogP contribution in [0.5, 0.6) is 0 Å². The Morgan fingerprint density at radius 3 is 2.57 bits per heavy atom. The van der Waals surface area contributed by atoms with E-state index in [4.69, 9.17) is 11.6 Å². The molecule has 0 aliphatic rings. The van der Waals surface area contributed by atoms with Gasteiger partial charge in [0.15, 0.2) is 0 Å². The summed E-state index contributed by atoms with van der Waals surface area (Å²) in [4.78, 5) is 19.8. The van der Waals surface area contributed by atoms with E-state index in [-0.39, 0.29) is 5.91 Å². The molecule has 0 spiro atoms. The number of halogens is 1. The SMILES string of the molecule is O=C(Nc1ccc(Cl)cc1)c1ccc(NCCc2c[nH]c3ccccc23)cn1. The van der Waals surface area contributed by atoms with Gasteiger partial charge in [-0.2, -0.15) is 0 Å². The van der Waals surface area contributed by atoms with Gasteiger partial charge in [0.1, 0.15) is 5.69 Å². The molecule has 5 nitrogen and oxygen atoms in total. The Bertz CT molecular complexity index is 1090. The highest BCUT2D eigenvalue weighted by Crippen LogP contribution is 2.18. The van der Waals surface area contributed by atoms with E-state index in [1.165, 1.54) is 10.9 Å². The van der Waals surface area contributed by atoms with Crippen LogP contribution >= 0.6 is 11.6 Å². The molecule has 0 saturated heterocycles. The summed E-state index contributed by atoms with van der Waals surface area (Å²) in [6.07, 6.45) is 4.61. The number of aromatic amines is 1. The number of nitrogens with zero attached hydrogens (tertiary/aromatic N) is 1. The molecule has 0 fully saturated rings. The number of carbonyl (C=O) groups excluding carboxylic acids is 1. The molecule has 140 valence electrons. The Kier molecular flexibility index (Phi) is 5.26. The van der Waals surface area contributed by atoms with Gasteiger partial charge in [0, 0.05) is 34.4 Å². The van der Waals surface area contributed by atoms with Crippen LogP contribution in [0.1, 0.15) is 16.1 Å². The number of hydrogen-bond acceptors (Lipinski definition) is 3. The van der Waals surface area contributed by atoms with Gasteiger partial charge in [-0.1, -0.05) is 29.8 Å². The zero-order valence-corrected chi connectivity index (χ0v) is 15.8. The van der Waals surface area contributed by atoms with Crippen molar-refractivity contribution < 1.29 is 4.79 Å². The average Bonchev–Trinajstić information content (AvgIpc) is 3.13. The molecule has 4 rings (SSSR count). The molecule has 0 atom stereocenters. The van der Waals surface area contributed by atoms with Crippen LogP contribution in [0.3, 0.4) is 0 Å². The molecule has 0 aliphatic heterocycles. The quantitative estimate of drug-likeness (QED) is 0.427. The maximum absolute atomic E-state index is 12.3. The summed E-state index contributed by atoms with van der Waals surface area (Å²) in [7, 11) is 0. The third-order valence-electron chi connectivity index (χ3n) is 4.50. The lowest BCUT2D eigenvalue weighted by Gasteiger charge is -2.08. The fourth-order valence-corrected chi connectivity index (χ4v) is 3.17. The first-order valence-corrected chi connectivity index (χ1v) is 9.39. The summed E-state index contributed by atoms with van der Waals surface area (Å²) >= 11 is 5.85. The van der Waals surface area contributed by atoms with E-state index in [1.54, 1.807) is 36.5 Å². The van der Waals surface area contributed by atoms with Crippen molar-refractivity contribution in [2.45, 2.75) is 6.42 Å². The Morgan fingerprint density at radius 2 is 1.79 bits per heavy atom. The number of carbonyl (C=O) groups is 1. The normalized spacial score (nSPS) is 10.8. The highest BCUT2D eigenvalue weighted by molar-refractivity contribution is 6.30. The summed E-state index contributed by atoms with van der Waals surface area (Å²) in [5.41, 5.74) is 4.34. The van der Waals surface area contributed by atoms with Crippen molar-refractivity contribution >= 4 is 39.8 Å². The summed E-state index contributed by atoms with van der Waals surface area (Å²) in [5.74, 6) is -0.257. The minimum Gasteiger partial charge on any atom is -0.383 e. The van der Waals surface area contributed by atoms with E-state index in [2.05, 4.69) is 38.9 Å². The van der Waals surface area contributed by atoms with Gasteiger partial charge in [0.2, 0.25) is 0 Å². The number of rotatable bonds is 6. The third-order valence-corrected chi connectivity index (χ3v) is 4.75. The molecular weight excluding hydrogens is 372 g/mol. The Labute approximate surface area is 167 Å². The van der Waals surface area contributed by atoms with Gasteiger partial charge in [-0.3, -0.25) is 4.79 Å². The number of amides is 1. The molecule has 6 heteroatoms. The zero-order chi connectivity index (χ0) is 19.3. The number of H-pyrrole nitrogens is 1. The van der Waals surface area contributed by atoms with Crippen molar-refractivity contribution in [1.29, 1.82) is 0 Å². The van der Waals surface area contributed by atoms with Crippen LogP contribution in [0.2, 0.25) is 5.02 Å². The molecule has 3 N–H and O–H groups in total. The Hall–Kier alpha value is -3.31. The second-order valence-electron chi connectivity index (χ2n) is 6.43. The summed E-state index contributed by atoms with van der Waals surface area (Å²) < 4.78 is 0. The summed E-state index contributed by atoms with van der Waals surface area (Å²) in [5, 5.41) is 8.02. The maximum Gasteiger partial charge on any atom is 0.274 e. The lowest BCUT2D eigenvalue weighted by Crippen LogP contribution is -2.14. The van der Waals surface area contributed by atoms with Gasteiger partial charge in [-0.25, -0.2) is 4.98 Å². The van der Waals surface area contributed by atoms with Gasteiger partial charge in [0.05, 0.1) is 11.9 Å². The minimum absolute atomic E-state index is 0.257. The van der Waals surface area contributed by atoms with E-state index in [1.807, 2.05) is 18.2 Å². The van der Waals surface area contributed by atoms with E-state index in [0.29, 0.717) is 16.4 Å². The number of aromatic nitrogens is 2. The summed E-state index contributed by atoms with van der Waals surface area (Å²) in [6, 6.07) is 18.8. The van der Waals surface area contributed by atoms with E-state index >= 15 is 0 Å². The van der Waals surface area contributed by atoms with Crippen LogP contribution in [0, 0.1) is 0 Å². The number of fused-ring (bicyclic) bond motifs is 1. The van der Waals surface area contributed by atoms with Gasteiger partial charge >= 0.3 is 0 Å². The first-order valence-electron chi connectivity index (χ1n) is 9.01. The number of para-hydroxylation sites is 1. The van der Waals surface area contributed by atoms with E-state index < -0.39 is 0 Å². The Balaban J connectivity index is 1.33. The number of anilines is 2. The van der Waals surface area contributed by atoms with E-state index in [0.717, 1.165) is 24.2 Å². The minimum atomic E-state index is -0.257. The molecule has 2 aromatic heterocycles. The number of benzene rings is 2. The first-order chi connectivity index (χ1) is 13.7. The van der Waals surface area contributed by atoms with Crippen LogP contribution in [0.15, 0.2) is 73.1 Å². The molecule has 0 aliphatic carbocycles. The Morgan fingerprint density at radius 1 is 1.00 bits per heavy atom. The van der Waals surface area contributed by atoms with Gasteiger partial charge in [0.25, 0.3) is 5.91 Å². The molecular formula is C22H19ClN4O. The molecule has 2 heterocycles. The molecule has 0 saturated carbocycles. The standard InChI is InChI=1S/C22H19ClN4O/c23-16-5-7-17(8-6-16)27-22(28)21-10-9-18(14-26-21)24-12-11-15-13-25-20-4-2-1-3-19(15)20/h1-10,13-14,24-25H,11-12H2,(H,27,28). The highest BCUT2D eigenvalue weighted by atomic mass is 35.5. The van der Waals surface area contributed by atoms with Gasteiger partial charge < -0.3 is 15.6 Å². The summed E-state index contributed by atoms with van der Waals surface area (Å²) in [6.45, 7) is 0.778. The smallest absolute Gasteiger partial charge is 0.274 e. The number of hydrogen-bond donors (Lipinski definition) is 3. The molecule has 4 aromatic rings. The fraction of sp³-hybridized carbons (Fsp3) is 0.0909. The number of pyridine rings is 1. The molecule has 0 unspecified atom stereocenters. The first kappa shape index (κ1) is 18.1. The van der Waals surface area contributed by atoms with Crippen molar-refractivity contribution in [1.82, 2.24) is 9.97 Å². The lowest BCUT2D eigenvalue weighted by atomic mass is 10.1. The van der Waals surface area contributed by atoms with Crippen molar-refractivity contribution in [2.24, 2.45) is 0 Å². The van der Waals surface area contributed by atoms with Crippen molar-refractivity contribution in [3.63, 3.8) is 0 Å². The maximum atomic E-state index is 12.3. The lowest BCUT2D eigenvalue weighted by molar-refractivity contribution is 0.102. The highest BCUT2D eigenvalue weighted by Gasteiger charge is 2.08. The van der Waals surface area contributed by atoms with Crippen molar-refractivity contribution in [2.75, 3.05) is 17.2 Å². The van der Waals surface area contributed by atoms with Crippen molar-refractivity contribution in [3.8, 4) is 0 Å². The monoisotopic (exact) mass is 390 g/mol. The average molecular weight is 391 g/mol. The second-order valence-corrected chi connectivity index (χ2v) is 6.87. The topological polar surface area (TPSA) is 69.8 Å². The molecule has 0 bridgehead atoms. The predicted octanol–water partition coefficient (Wildman–Crippen LogP) is 5.12. The third kappa shape index (κ3) is 4.15. The van der Waals surface area contributed by atoms with Crippen LogP contribution in [-0.2, 0) is 6.42 Å². The molecule has 0 radical (unpaired) electrons. The van der Waals surface area contributed by atoms with Crippen LogP contribution in [0.4, 0.5) is 11.4 Å². The van der Waals surface area contributed by atoms with Crippen LogP contribution in [-0.4, -0.2) is 22.4 Å². The second kappa shape index (κ2) is 8.15. The van der Waals surface area contributed by atoms with Crippen LogP contribution < -0.4 is 10.6 Å². The molecule has 2 aromatic carbocycles. The largest absolute Gasteiger partial charge is 0.383 e. The van der Waals surface area contributed by atoms with Crippen molar-refractivity contribution in [3.05, 3.63) is 89.3 Å². The fourth-order valence-electron chi connectivity index (χ4n) is 3.04. The van der Waals surface area contributed by atoms with E-state index in [9.17, 15) is 4.79 Å². The molecule has 1 amide bonds. The predicted molar refractivity (Wildman–Crippen MR) is 114 cm³/mol.